The molecule has 0 unspecified atom stereocenters. The molecule has 0 aliphatic rings. The predicted molar refractivity (Wildman–Crippen MR) is 128 cm³/mol. The molecule has 3 aromatic rings. The van der Waals surface area contributed by atoms with E-state index >= 15 is 0 Å². The van der Waals surface area contributed by atoms with Crippen LogP contribution in [-0.4, -0.2) is 45.9 Å². The standard InChI is InChI=1S/C23H21Cl2N3O6/c1-31-19-9-14(10-20(32-2)22(19)33-3)23(30)26-12-21(29)28-27-11-15-5-7-18(34-15)13-4-6-16(24)17(25)8-13/h4-11H,12H2,1-3H3,(H,26,30)(H,28,29). The van der Waals surface area contributed by atoms with Crippen molar-refractivity contribution in [2.75, 3.05) is 27.9 Å². The Morgan fingerprint density at radius 3 is 2.29 bits per heavy atom. The first-order valence-electron chi connectivity index (χ1n) is 9.81. The molecule has 2 N–H and O–H groups in total. The summed E-state index contributed by atoms with van der Waals surface area (Å²) in [6.07, 6.45) is 1.33. The number of hydrogen-bond donors (Lipinski definition) is 2. The topological polar surface area (TPSA) is 111 Å². The van der Waals surface area contributed by atoms with E-state index in [2.05, 4.69) is 15.8 Å². The molecule has 0 atom stereocenters. The van der Waals surface area contributed by atoms with E-state index in [0.29, 0.717) is 38.8 Å². The predicted octanol–water partition coefficient (Wildman–Crippen LogP) is 4.16. The van der Waals surface area contributed by atoms with Gasteiger partial charge in [0, 0.05) is 11.1 Å². The number of halogens is 2. The number of carbonyl (C=O) groups is 2. The third kappa shape index (κ3) is 6.00. The maximum atomic E-state index is 12.4. The highest BCUT2D eigenvalue weighted by atomic mass is 35.5. The molecular formula is C23H21Cl2N3O6. The van der Waals surface area contributed by atoms with Gasteiger partial charge in [0.2, 0.25) is 5.75 Å². The zero-order valence-electron chi connectivity index (χ0n) is 18.5. The molecule has 0 fully saturated rings. The van der Waals surface area contributed by atoms with E-state index in [1.54, 1.807) is 30.3 Å². The number of nitrogens with zero attached hydrogens (tertiary/aromatic N) is 1. The molecule has 0 bridgehead atoms. The van der Waals surface area contributed by atoms with E-state index in [-0.39, 0.29) is 12.1 Å². The van der Waals surface area contributed by atoms with Crippen LogP contribution in [0.25, 0.3) is 11.3 Å². The smallest absolute Gasteiger partial charge is 0.259 e. The van der Waals surface area contributed by atoms with Crippen molar-refractivity contribution in [1.82, 2.24) is 10.7 Å². The summed E-state index contributed by atoms with van der Waals surface area (Å²) in [6.45, 7) is -0.306. The summed E-state index contributed by atoms with van der Waals surface area (Å²) < 4.78 is 21.3. The maximum Gasteiger partial charge on any atom is 0.259 e. The van der Waals surface area contributed by atoms with Gasteiger partial charge in [-0.15, -0.1) is 0 Å². The van der Waals surface area contributed by atoms with Crippen molar-refractivity contribution < 1.29 is 28.2 Å². The highest BCUT2D eigenvalue weighted by molar-refractivity contribution is 6.42. The summed E-state index contributed by atoms with van der Waals surface area (Å²) in [5.74, 6) is 0.920. The van der Waals surface area contributed by atoms with Crippen molar-refractivity contribution in [3.63, 3.8) is 0 Å². The molecule has 0 spiro atoms. The lowest BCUT2D eigenvalue weighted by atomic mass is 10.1. The van der Waals surface area contributed by atoms with Gasteiger partial charge in [-0.3, -0.25) is 9.59 Å². The number of nitrogens with one attached hydrogen (secondary N) is 2. The van der Waals surface area contributed by atoms with Crippen molar-refractivity contribution in [2.45, 2.75) is 0 Å². The third-order valence-corrected chi connectivity index (χ3v) is 5.29. The SMILES string of the molecule is COc1cc(C(=O)NCC(=O)NN=Cc2ccc(-c3ccc(Cl)c(Cl)c3)o2)cc(OC)c1OC. The van der Waals surface area contributed by atoms with Crippen molar-refractivity contribution in [3.05, 3.63) is 63.8 Å². The molecule has 0 radical (unpaired) electrons. The van der Waals surface area contributed by atoms with Gasteiger partial charge in [0.05, 0.1) is 44.1 Å². The van der Waals surface area contributed by atoms with Crippen LogP contribution in [0.3, 0.4) is 0 Å². The minimum absolute atomic E-state index is 0.233. The molecule has 0 aliphatic heterocycles. The average molecular weight is 506 g/mol. The average Bonchev–Trinajstić information content (AvgIpc) is 3.32. The van der Waals surface area contributed by atoms with Gasteiger partial charge in [-0.2, -0.15) is 5.10 Å². The van der Waals surface area contributed by atoms with Crippen LogP contribution in [0.2, 0.25) is 10.0 Å². The van der Waals surface area contributed by atoms with Crippen LogP contribution in [-0.2, 0) is 4.79 Å². The summed E-state index contributed by atoms with van der Waals surface area (Å²) in [4.78, 5) is 24.5. The number of hydrogen-bond acceptors (Lipinski definition) is 7. The number of benzene rings is 2. The summed E-state index contributed by atoms with van der Waals surface area (Å²) in [6, 6.07) is 11.5. The molecule has 0 aliphatic carbocycles. The Kier molecular flexibility index (Phi) is 8.39. The Morgan fingerprint density at radius 1 is 0.971 bits per heavy atom. The lowest BCUT2D eigenvalue weighted by Crippen LogP contribution is -2.34. The van der Waals surface area contributed by atoms with Crippen molar-refractivity contribution in [2.24, 2.45) is 5.10 Å². The van der Waals surface area contributed by atoms with Gasteiger partial charge in [0.1, 0.15) is 11.5 Å². The summed E-state index contributed by atoms with van der Waals surface area (Å²) in [7, 11) is 4.34. The van der Waals surface area contributed by atoms with Crippen LogP contribution in [0.15, 0.2) is 52.0 Å². The van der Waals surface area contributed by atoms with Crippen molar-refractivity contribution >= 4 is 41.2 Å². The van der Waals surface area contributed by atoms with Crippen LogP contribution < -0.4 is 25.0 Å². The Labute approximate surface area is 205 Å². The second kappa shape index (κ2) is 11.4. The highest BCUT2D eigenvalue weighted by Gasteiger charge is 2.17. The van der Waals surface area contributed by atoms with Gasteiger partial charge in [0.15, 0.2) is 11.5 Å². The van der Waals surface area contributed by atoms with E-state index in [0.717, 1.165) is 5.56 Å². The fraction of sp³-hybridized carbons (Fsp3) is 0.174. The molecule has 0 saturated carbocycles. The van der Waals surface area contributed by atoms with Gasteiger partial charge in [-0.25, -0.2) is 5.43 Å². The number of ether oxygens (including phenoxy) is 3. The second-order valence-corrected chi connectivity index (χ2v) is 7.54. The highest BCUT2D eigenvalue weighted by Crippen LogP contribution is 2.38. The lowest BCUT2D eigenvalue weighted by Gasteiger charge is -2.14. The molecule has 9 nitrogen and oxygen atoms in total. The zero-order valence-corrected chi connectivity index (χ0v) is 20.0. The molecule has 0 saturated heterocycles. The molecule has 1 heterocycles. The first-order valence-corrected chi connectivity index (χ1v) is 10.6. The number of amides is 2. The fourth-order valence-corrected chi connectivity index (χ4v) is 3.21. The van der Waals surface area contributed by atoms with Crippen molar-refractivity contribution in [1.29, 1.82) is 0 Å². The van der Waals surface area contributed by atoms with Crippen molar-refractivity contribution in [3.8, 4) is 28.6 Å². The third-order valence-electron chi connectivity index (χ3n) is 4.55. The quantitative estimate of drug-likeness (QED) is 0.333. The molecular weight excluding hydrogens is 485 g/mol. The van der Waals surface area contributed by atoms with Crippen LogP contribution in [0, 0.1) is 0 Å². The number of rotatable bonds is 9. The van der Waals surface area contributed by atoms with Gasteiger partial charge >= 0.3 is 0 Å². The van der Waals surface area contributed by atoms with E-state index in [9.17, 15) is 9.59 Å². The van der Waals surface area contributed by atoms with Gasteiger partial charge in [-0.05, 0) is 42.5 Å². The van der Waals surface area contributed by atoms with Crippen LogP contribution in [0.4, 0.5) is 0 Å². The minimum atomic E-state index is -0.534. The number of hydrazone groups is 1. The maximum absolute atomic E-state index is 12.4. The zero-order chi connectivity index (χ0) is 24.7. The molecule has 178 valence electrons. The van der Waals surface area contributed by atoms with Gasteiger partial charge < -0.3 is 23.9 Å². The molecule has 3 rings (SSSR count). The monoisotopic (exact) mass is 505 g/mol. The molecule has 1 aromatic heterocycles. The molecule has 34 heavy (non-hydrogen) atoms. The van der Waals surface area contributed by atoms with Crippen LogP contribution >= 0.6 is 23.2 Å². The Balaban J connectivity index is 1.55. The fourth-order valence-electron chi connectivity index (χ4n) is 2.91. The minimum Gasteiger partial charge on any atom is -0.493 e. The lowest BCUT2D eigenvalue weighted by molar-refractivity contribution is -0.120. The number of furan rings is 1. The van der Waals surface area contributed by atoms with E-state index in [1.807, 2.05) is 0 Å². The summed E-state index contributed by atoms with van der Waals surface area (Å²) >= 11 is 12.0. The van der Waals surface area contributed by atoms with E-state index in [1.165, 1.54) is 39.7 Å². The molecule has 2 aromatic carbocycles. The summed E-state index contributed by atoms with van der Waals surface area (Å²) in [5.41, 5.74) is 3.29. The van der Waals surface area contributed by atoms with Crippen LogP contribution in [0.1, 0.15) is 16.1 Å². The number of methoxy groups -OCH3 is 3. The second-order valence-electron chi connectivity index (χ2n) is 6.72. The Bertz CT molecular complexity index is 1200. The normalized spacial score (nSPS) is 10.7. The van der Waals surface area contributed by atoms with E-state index < -0.39 is 11.8 Å². The van der Waals surface area contributed by atoms with Crippen LogP contribution in [0.5, 0.6) is 17.2 Å². The molecule has 2 amide bonds. The Morgan fingerprint density at radius 2 is 1.68 bits per heavy atom. The number of carbonyl (C=O) groups excluding carboxylic acids is 2. The molecule has 11 heteroatoms. The largest absolute Gasteiger partial charge is 0.493 e. The summed E-state index contributed by atoms with van der Waals surface area (Å²) in [5, 5.41) is 7.19. The first kappa shape index (κ1) is 24.9. The Hall–Kier alpha value is -3.69. The van der Waals surface area contributed by atoms with Gasteiger partial charge in [-0.1, -0.05) is 23.2 Å². The van der Waals surface area contributed by atoms with E-state index in [4.69, 9.17) is 41.8 Å². The first-order chi connectivity index (χ1) is 16.4. The van der Waals surface area contributed by atoms with Gasteiger partial charge in [0.25, 0.3) is 11.8 Å².